The van der Waals surface area contributed by atoms with Crippen molar-refractivity contribution in [3.8, 4) is 0 Å². The number of aliphatic hydroxyl groups excluding tert-OH is 1. The van der Waals surface area contributed by atoms with Crippen LogP contribution >= 0.6 is 0 Å². The Balaban J connectivity index is 2.62. The molecule has 2 aromatic carbocycles. The van der Waals surface area contributed by atoms with Gasteiger partial charge in [0, 0.05) is 6.07 Å². The first-order valence-electron chi connectivity index (χ1n) is 5.21. The first-order chi connectivity index (χ1) is 8.69. The fourth-order valence-electron chi connectivity index (χ4n) is 1.80. The number of aromatic nitrogens is 1. The van der Waals surface area contributed by atoms with Gasteiger partial charge in [0.15, 0.2) is 22.0 Å². The van der Waals surface area contributed by atoms with Crippen molar-refractivity contribution in [2.45, 2.75) is 0 Å². The van der Waals surface area contributed by atoms with E-state index in [9.17, 15) is 9.59 Å². The van der Waals surface area contributed by atoms with E-state index in [0.717, 1.165) is 0 Å². The molecule has 0 unspecified atom stereocenters. The molecule has 0 saturated carbocycles. The molecule has 3 rings (SSSR count). The highest BCUT2D eigenvalue weighted by Crippen LogP contribution is 2.14. The van der Waals surface area contributed by atoms with Crippen LogP contribution < -0.4 is 16.1 Å². The zero-order valence-corrected chi connectivity index (χ0v) is 9.08. The van der Waals surface area contributed by atoms with Crippen LogP contribution in [0.15, 0.2) is 44.3 Å². The van der Waals surface area contributed by atoms with Crippen LogP contribution in [0.25, 0.3) is 28.5 Å². The fourth-order valence-corrected chi connectivity index (χ4v) is 1.80. The first-order valence-corrected chi connectivity index (χ1v) is 5.21. The number of hydrogen-bond acceptors (Lipinski definition) is 5. The molecule has 0 radical (unpaired) electrons. The second-order valence-electron chi connectivity index (χ2n) is 3.80. The smallest absolute Gasteiger partial charge is 0.192 e. The Bertz CT molecular complexity index is 927. The summed E-state index contributed by atoms with van der Waals surface area (Å²) in [4.78, 5) is 27.0. The van der Waals surface area contributed by atoms with Crippen molar-refractivity contribution in [1.82, 2.24) is 4.98 Å². The number of rotatable bonds is 0. The SMILES string of the molecule is O=c1ccc2nc3ccc(=O)c(=CO)c3oc2c1. The number of benzene rings is 2. The van der Waals surface area contributed by atoms with E-state index >= 15 is 0 Å². The van der Waals surface area contributed by atoms with Gasteiger partial charge in [-0.15, -0.1) is 0 Å². The minimum atomic E-state index is -0.367. The lowest BCUT2D eigenvalue weighted by Gasteiger charge is -2.00. The Kier molecular flexibility index (Phi) is 2.13. The van der Waals surface area contributed by atoms with Crippen LogP contribution in [0.5, 0.6) is 0 Å². The van der Waals surface area contributed by atoms with Crippen molar-refractivity contribution in [3.63, 3.8) is 0 Å². The lowest BCUT2D eigenvalue weighted by atomic mass is 10.2. The molecule has 0 aliphatic heterocycles. The first kappa shape index (κ1) is 10.5. The summed E-state index contributed by atoms with van der Waals surface area (Å²) in [6.07, 6.45) is 0.683. The van der Waals surface area contributed by atoms with E-state index < -0.39 is 0 Å². The van der Waals surface area contributed by atoms with Crippen molar-refractivity contribution in [1.29, 1.82) is 0 Å². The van der Waals surface area contributed by atoms with E-state index in [1.54, 1.807) is 6.07 Å². The molecule has 0 spiro atoms. The van der Waals surface area contributed by atoms with Gasteiger partial charge in [0.2, 0.25) is 0 Å². The molecule has 0 amide bonds. The van der Waals surface area contributed by atoms with E-state index in [-0.39, 0.29) is 27.2 Å². The van der Waals surface area contributed by atoms with Gasteiger partial charge in [-0.25, -0.2) is 4.98 Å². The molecule has 1 N–H and O–H groups in total. The van der Waals surface area contributed by atoms with Gasteiger partial charge in [0.05, 0.1) is 6.26 Å². The molecule has 0 aliphatic carbocycles. The van der Waals surface area contributed by atoms with E-state index in [4.69, 9.17) is 9.52 Å². The summed E-state index contributed by atoms with van der Waals surface area (Å²) in [7, 11) is 0. The number of aliphatic hydroxyl groups is 1. The van der Waals surface area contributed by atoms with Crippen molar-refractivity contribution in [2.75, 3.05) is 0 Å². The maximum atomic E-state index is 11.5. The molecule has 0 fully saturated rings. The molecule has 18 heavy (non-hydrogen) atoms. The second kappa shape index (κ2) is 3.66. The highest BCUT2D eigenvalue weighted by atomic mass is 16.3. The lowest BCUT2D eigenvalue weighted by molar-refractivity contribution is 0.538. The van der Waals surface area contributed by atoms with Crippen LogP contribution in [0.1, 0.15) is 0 Å². The fraction of sp³-hybridized carbons (Fsp3) is 0. The van der Waals surface area contributed by atoms with Gasteiger partial charge in [0.25, 0.3) is 0 Å². The number of nitrogens with zero attached hydrogens (tertiary/aromatic N) is 1. The minimum absolute atomic E-state index is 0.0261. The Morgan fingerprint density at radius 3 is 2.67 bits per heavy atom. The van der Waals surface area contributed by atoms with Gasteiger partial charge in [-0.2, -0.15) is 0 Å². The molecular formula is C13H7NO4. The Morgan fingerprint density at radius 2 is 1.89 bits per heavy atom. The molecule has 3 aromatic rings. The van der Waals surface area contributed by atoms with Crippen LogP contribution in [0.2, 0.25) is 0 Å². The molecule has 1 heterocycles. The zero-order valence-electron chi connectivity index (χ0n) is 9.08. The molecule has 5 nitrogen and oxygen atoms in total. The topological polar surface area (TPSA) is 80.4 Å². The molecule has 5 heteroatoms. The Labute approximate surface area is 99.6 Å². The molecular weight excluding hydrogens is 234 g/mol. The summed E-state index contributed by atoms with van der Waals surface area (Å²) in [5, 5.41) is 9.09. The number of fused-ring (bicyclic) bond motifs is 2. The third-order valence-electron chi connectivity index (χ3n) is 2.65. The standard InChI is InChI=1S/C13H7NO4/c15-6-8-11(17)4-3-10-13(8)18-12-5-7(16)1-2-9(12)14-10/h1-6,15H. The average Bonchev–Trinajstić information content (AvgIpc) is 2.36. The predicted octanol–water partition coefficient (Wildman–Crippen LogP) is 0.716. The highest BCUT2D eigenvalue weighted by Gasteiger charge is 2.06. The number of hydrogen-bond donors (Lipinski definition) is 1. The summed E-state index contributed by atoms with van der Waals surface area (Å²) in [6.45, 7) is 0. The quantitative estimate of drug-likeness (QED) is 0.586. The van der Waals surface area contributed by atoms with Gasteiger partial charge in [-0.3, -0.25) is 9.59 Å². The molecule has 88 valence electrons. The van der Waals surface area contributed by atoms with E-state index in [2.05, 4.69) is 4.98 Å². The molecule has 1 aromatic heterocycles. The minimum Gasteiger partial charge on any atom is -0.515 e. The van der Waals surface area contributed by atoms with E-state index in [1.807, 2.05) is 0 Å². The normalized spacial score (nSPS) is 12.3. The van der Waals surface area contributed by atoms with Gasteiger partial charge in [0.1, 0.15) is 16.3 Å². The molecule has 0 atom stereocenters. The molecule has 0 aliphatic rings. The van der Waals surface area contributed by atoms with Crippen molar-refractivity contribution in [3.05, 3.63) is 56.0 Å². The third-order valence-corrected chi connectivity index (χ3v) is 2.65. The van der Waals surface area contributed by atoms with Crippen LogP contribution in [0, 0.1) is 0 Å². The summed E-state index contributed by atoms with van der Waals surface area (Å²) >= 11 is 0. The van der Waals surface area contributed by atoms with Crippen LogP contribution in [-0.2, 0) is 0 Å². The lowest BCUT2D eigenvalue weighted by Crippen LogP contribution is -2.23. The summed E-state index contributed by atoms with van der Waals surface area (Å²) in [5.41, 5.74) is 0.839. The summed E-state index contributed by atoms with van der Waals surface area (Å²) in [5.74, 6) is 0. The predicted molar refractivity (Wildman–Crippen MR) is 66.4 cm³/mol. The summed E-state index contributed by atoms with van der Waals surface area (Å²) < 4.78 is 5.48. The second-order valence-corrected chi connectivity index (χ2v) is 3.80. The van der Waals surface area contributed by atoms with Gasteiger partial charge >= 0.3 is 0 Å². The molecule has 0 bridgehead atoms. The van der Waals surface area contributed by atoms with E-state index in [1.165, 1.54) is 24.3 Å². The maximum absolute atomic E-state index is 11.5. The van der Waals surface area contributed by atoms with Gasteiger partial charge < -0.3 is 9.52 Å². The van der Waals surface area contributed by atoms with Crippen LogP contribution in [0.4, 0.5) is 0 Å². The van der Waals surface area contributed by atoms with Crippen molar-refractivity contribution >= 4 is 28.5 Å². The van der Waals surface area contributed by atoms with Crippen LogP contribution in [-0.4, -0.2) is 10.1 Å². The third kappa shape index (κ3) is 1.45. The Hall–Kier alpha value is -2.69. The van der Waals surface area contributed by atoms with Crippen LogP contribution in [0.3, 0.4) is 0 Å². The summed E-state index contributed by atoms with van der Waals surface area (Å²) in [6, 6.07) is 7.05. The average molecular weight is 241 g/mol. The Morgan fingerprint density at radius 1 is 1.11 bits per heavy atom. The van der Waals surface area contributed by atoms with Gasteiger partial charge in [-0.1, -0.05) is 0 Å². The van der Waals surface area contributed by atoms with Crippen molar-refractivity contribution in [2.24, 2.45) is 0 Å². The van der Waals surface area contributed by atoms with Crippen molar-refractivity contribution < 1.29 is 9.52 Å². The zero-order chi connectivity index (χ0) is 12.7. The monoisotopic (exact) mass is 241 g/mol. The maximum Gasteiger partial charge on any atom is 0.192 e. The van der Waals surface area contributed by atoms with Gasteiger partial charge in [-0.05, 0) is 24.3 Å². The highest BCUT2D eigenvalue weighted by molar-refractivity contribution is 5.83. The largest absolute Gasteiger partial charge is 0.515 e. The molecule has 0 saturated heterocycles. The van der Waals surface area contributed by atoms with E-state index in [0.29, 0.717) is 17.3 Å².